The molecule has 1 aliphatic heterocycles. The van der Waals surface area contributed by atoms with Gasteiger partial charge >= 0.3 is 12.0 Å². The number of ether oxygens (including phenoxy) is 1. The van der Waals surface area contributed by atoms with Crippen LogP contribution in [-0.4, -0.2) is 47.3 Å². The minimum atomic E-state index is -1.70. The Kier molecular flexibility index (Phi) is 5.65. The van der Waals surface area contributed by atoms with Gasteiger partial charge in [-0.05, 0) is 37.3 Å². The summed E-state index contributed by atoms with van der Waals surface area (Å²) in [5.41, 5.74) is 12.4. The first-order valence-corrected chi connectivity index (χ1v) is 10.7. The Morgan fingerprint density at radius 2 is 1.91 bits per heavy atom. The van der Waals surface area contributed by atoms with E-state index in [0.29, 0.717) is 27.7 Å². The molecule has 4 rings (SSSR count). The predicted octanol–water partition coefficient (Wildman–Crippen LogP) is 1.86. The molecule has 3 aromatic rings. The Hall–Kier alpha value is -4.13. The van der Waals surface area contributed by atoms with Crippen molar-refractivity contribution in [3.05, 3.63) is 65.4 Å². The number of primary amides is 2. The fraction of sp³-hybridized carbons (Fsp3) is 0.240. The number of nitrogens with zero attached hydrogens (tertiary/aromatic N) is 1. The molecule has 2 aromatic carbocycles. The van der Waals surface area contributed by atoms with Crippen LogP contribution in [0.1, 0.15) is 35.0 Å². The van der Waals surface area contributed by atoms with E-state index in [2.05, 4.69) is 10.9 Å². The Morgan fingerprint density at radius 1 is 1.21 bits per heavy atom. The van der Waals surface area contributed by atoms with Crippen LogP contribution >= 0.6 is 0 Å². The summed E-state index contributed by atoms with van der Waals surface area (Å²) in [4.78, 5) is 41.4. The minimum Gasteiger partial charge on any atom is -0.461 e. The highest BCUT2D eigenvalue weighted by molar-refractivity contribution is 6.01. The maximum atomic E-state index is 13.2. The van der Waals surface area contributed by atoms with Crippen molar-refractivity contribution < 1.29 is 24.2 Å². The van der Waals surface area contributed by atoms with Crippen molar-refractivity contribution in [1.82, 2.24) is 9.47 Å². The van der Waals surface area contributed by atoms with Gasteiger partial charge in [-0.3, -0.25) is 4.79 Å². The summed E-state index contributed by atoms with van der Waals surface area (Å²) in [6, 6.07) is 12.2. The van der Waals surface area contributed by atoms with Crippen LogP contribution in [0.15, 0.2) is 48.5 Å². The number of hydrogen-bond acceptors (Lipinski definition) is 5. The number of aliphatic hydroxyl groups is 1. The highest BCUT2D eigenvalue weighted by Gasteiger charge is 2.68. The van der Waals surface area contributed by atoms with Crippen LogP contribution < -0.4 is 16.0 Å². The monoisotopic (exact) mass is 461 g/mol. The smallest absolute Gasteiger partial charge is 0.420 e. The number of amides is 3. The van der Waals surface area contributed by atoms with E-state index in [-0.39, 0.29) is 25.3 Å². The SMILES string of the molecule is C#Cc1ccc([N+]2(C(N)=O)C[C@H](O)C[C@]2(C(N)=O)c2ccc3[nH]c(C(=O)OCC)cc3c2)cc1. The van der Waals surface area contributed by atoms with Gasteiger partial charge in [0, 0.05) is 40.6 Å². The summed E-state index contributed by atoms with van der Waals surface area (Å²) in [6.45, 7) is 1.78. The number of aliphatic hydroxyl groups excluding tert-OH is 1. The molecule has 3 amide bonds. The first kappa shape index (κ1) is 23.0. The van der Waals surface area contributed by atoms with E-state index in [1.165, 1.54) is 0 Å². The molecule has 3 atom stereocenters. The van der Waals surface area contributed by atoms with Crippen LogP contribution in [0.5, 0.6) is 0 Å². The summed E-state index contributed by atoms with van der Waals surface area (Å²) in [6.07, 6.45) is 4.30. The molecule has 34 heavy (non-hydrogen) atoms. The van der Waals surface area contributed by atoms with Gasteiger partial charge in [-0.15, -0.1) is 6.42 Å². The number of terminal acetylenes is 1. The number of aromatic amines is 1. The second-order valence-electron chi connectivity index (χ2n) is 8.31. The Labute approximate surface area is 195 Å². The Bertz CT molecular complexity index is 1340. The van der Waals surface area contributed by atoms with Crippen LogP contribution in [0, 0.1) is 12.3 Å². The van der Waals surface area contributed by atoms with Crippen LogP contribution in [0.2, 0.25) is 0 Å². The first-order valence-electron chi connectivity index (χ1n) is 10.7. The molecule has 0 spiro atoms. The Balaban J connectivity index is 1.96. The van der Waals surface area contributed by atoms with Crippen LogP contribution in [-0.2, 0) is 15.1 Å². The number of H-pyrrole nitrogens is 1. The Morgan fingerprint density at radius 3 is 2.50 bits per heavy atom. The molecular formula is C25H25N4O5+. The zero-order valence-corrected chi connectivity index (χ0v) is 18.6. The van der Waals surface area contributed by atoms with Gasteiger partial charge in [-0.25, -0.2) is 9.59 Å². The van der Waals surface area contributed by atoms with E-state index in [0.717, 1.165) is 0 Å². The first-order chi connectivity index (χ1) is 16.2. The maximum absolute atomic E-state index is 13.2. The van der Waals surface area contributed by atoms with Crippen molar-refractivity contribution in [1.29, 1.82) is 0 Å². The van der Waals surface area contributed by atoms with E-state index < -0.39 is 34.0 Å². The third kappa shape index (κ3) is 3.23. The van der Waals surface area contributed by atoms with Gasteiger partial charge in [0.25, 0.3) is 5.91 Å². The van der Waals surface area contributed by atoms with Gasteiger partial charge in [0.05, 0.1) is 6.61 Å². The summed E-state index contributed by atoms with van der Waals surface area (Å²) in [5.74, 6) is 1.17. The molecule has 2 heterocycles. The molecule has 9 heteroatoms. The van der Waals surface area contributed by atoms with E-state index in [4.69, 9.17) is 22.6 Å². The zero-order chi connectivity index (χ0) is 24.7. The quantitative estimate of drug-likeness (QED) is 0.260. The van der Waals surface area contributed by atoms with Crippen molar-refractivity contribution in [2.45, 2.75) is 25.0 Å². The van der Waals surface area contributed by atoms with Crippen molar-refractivity contribution in [2.24, 2.45) is 11.5 Å². The summed E-state index contributed by atoms with van der Waals surface area (Å²) in [7, 11) is 0. The fourth-order valence-electron chi connectivity index (χ4n) is 5.05. The third-order valence-electron chi connectivity index (χ3n) is 6.52. The van der Waals surface area contributed by atoms with Crippen LogP contribution in [0.4, 0.5) is 10.5 Å². The molecule has 1 fully saturated rings. The number of carbonyl (C=O) groups is 3. The number of quaternary nitrogens is 1. The van der Waals surface area contributed by atoms with E-state index in [1.54, 1.807) is 55.5 Å². The normalized spacial score (nSPS) is 24.0. The number of benzene rings is 2. The average Bonchev–Trinajstić information content (AvgIpc) is 3.39. The van der Waals surface area contributed by atoms with E-state index in [1.807, 2.05) is 0 Å². The highest BCUT2D eigenvalue weighted by Crippen LogP contribution is 2.49. The van der Waals surface area contributed by atoms with Gasteiger partial charge in [0.1, 0.15) is 24.0 Å². The molecule has 174 valence electrons. The molecule has 0 radical (unpaired) electrons. The van der Waals surface area contributed by atoms with Crippen LogP contribution in [0.3, 0.4) is 0 Å². The van der Waals surface area contributed by atoms with Crippen LogP contribution in [0.25, 0.3) is 10.9 Å². The summed E-state index contributed by atoms with van der Waals surface area (Å²) >= 11 is 0. The van der Waals surface area contributed by atoms with Crippen molar-refractivity contribution in [3.63, 3.8) is 0 Å². The molecule has 0 bridgehead atoms. The zero-order valence-electron chi connectivity index (χ0n) is 18.6. The number of rotatable bonds is 5. The second-order valence-corrected chi connectivity index (χ2v) is 8.31. The molecule has 1 unspecified atom stereocenters. The molecule has 0 aliphatic carbocycles. The van der Waals surface area contributed by atoms with Gasteiger partial charge < -0.3 is 26.3 Å². The lowest BCUT2D eigenvalue weighted by molar-refractivity contribution is -0.127. The second kappa shape index (κ2) is 8.33. The minimum absolute atomic E-state index is 0.122. The van der Waals surface area contributed by atoms with E-state index >= 15 is 0 Å². The summed E-state index contributed by atoms with van der Waals surface area (Å²) < 4.78 is 4.35. The fourth-order valence-corrected chi connectivity index (χ4v) is 5.05. The van der Waals surface area contributed by atoms with Gasteiger partial charge in [-0.1, -0.05) is 12.0 Å². The average molecular weight is 461 g/mol. The molecule has 0 saturated carbocycles. The number of nitrogens with one attached hydrogen (secondary N) is 1. The van der Waals surface area contributed by atoms with Gasteiger partial charge in [-0.2, -0.15) is 4.48 Å². The lowest BCUT2D eigenvalue weighted by Gasteiger charge is -2.42. The summed E-state index contributed by atoms with van der Waals surface area (Å²) in [5, 5.41) is 11.3. The third-order valence-corrected chi connectivity index (χ3v) is 6.52. The largest absolute Gasteiger partial charge is 0.461 e. The number of carbonyl (C=O) groups excluding carboxylic acids is 3. The topological polar surface area (TPSA) is 148 Å². The van der Waals surface area contributed by atoms with Gasteiger partial charge in [0.2, 0.25) is 5.54 Å². The lowest BCUT2D eigenvalue weighted by atomic mass is 9.83. The molecule has 1 aliphatic rings. The lowest BCUT2D eigenvalue weighted by Crippen LogP contribution is -2.70. The van der Waals surface area contributed by atoms with Crippen molar-refractivity contribution >= 4 is 34.5 Å². The van der Waals surface area contributed by atoms with Gasteiger partial charge in [0.15, 0.2) is 0 Å². The molecule has 6 N–H and O–H groups in total. The van der Waals surface area contributed by atoms with Crippen molar-refractivity contribution in [3.8, 4) is 12.3 Å². The molecular weight excluding hydrogens is 436 g/mol. The highest BCUT2D eigenvalue weighted by atomic mass is 16.5. The number of fused-ring (bicyclic) bond motifs is 1. The molecule has 1 saturated heterocycles. The number of hydrogen-bond donors (Lipinski definition) is 4. The molecule has 1 aromatic heterocycles. The maximum Gasteiger partial charge on any atom is 0.420 e. The predicted molar refractivity (Wildman–Crippen MR) is 126 cm³/mol. The standard InChI is InChI=1S/C25H24N4O5/c1-3-15-5-8-18(9-6-15)29(24(27)33)14-19(30)13-25(29,23(26)32)17-7-10-20-16(11-17)12-21(28-20)22(31)34-4-2/h1,5-12,19,30H,4,13-14H2,2H3,(H4-,26,27,28,31,32,33)/p+1/t19-,25-,29?/m1/s1. The number of esters is 1. The number of nitrogens with two attached hydrogens (primary N) is 2. The molecule has 9 nitrogen and oxygen atoms in total. The number of aromatic nitrogens is 1. The number of likely N-dealkylation sites (tertiary alicyclic amines) is 1. The number of urea groups is 1. The van der Waals surface area contributed by atoms with E-state index in [9.17, 15) is 19.5 Å². The van der Waals surface area contributed by atoms with Crippen molar-refractivity contribution in [2.75, 3.05) is 13.2 Å².